The van der Waals surface area contributed by atoms with Gasteiger partial charge in [0.2, 0.25) is 0 Å². The fourth-order valence-electron chi connectivity index (χ4n) is 1.76. The summed E-state index contributed by atoms with van der Waals surface area (Å²) in [6.45, 7) is 4.20. The van der Waals surface area contributed by atoms with Crippen molar-refractivity contribution in [2.24, 2.45) is 0 Å². The molecule has 2 rings (SSSR count). The van der Waals surface area contributed by atoms with Crippen LogP contribution in [0.2, 0.25) is 5.15 Å². The lowest BCUT2D eigenvalue weighted by atomic mass is 10.0. The van der Waals surface area contributed by atoms with Gasteiger partial charge < -0.3 is 4.74 Å². The number of hydrogen-bond donors (Lipinski definition) is 0. The van der Waals surface area contributed by atoms with Crippen LogP contribution in [0.25, 0.3) is 10.9 Å². The molecule has 0 atom stereocenters. The van der Waals surface area contributed by atoms with Gasteiger partial charge in [0.25, 0.3) is 0 Å². The number of hydrogen-bond acceptors (Lipinski definition) is 2. The van der Waals surface area contributed by atoms with Crippen molar-refractivity contribution >= 4 is 38.4 Å². The van der Waals surface area contributed by atoms with E-state index in [9.17, 15) is 0 Å². The molecule has 90 valence electrons. The number of nitrogens with zero attached hydrogens (tertiary/aromatic N) is 1. The number of pyridine rings is 1. The molecule has 1 heterocycles. The van der Waals surface area contributed by atoms with Crippen LogP contribution >= 0.6 is 27.5 Å². The summed E-state index contributed by atoms with van der Waals surface area (Å²) in [6.07, 6.45) is 0. The molecule has 0 fully saturated rings. The van der Waals surface area contributed by atoms with Crippen LogP contribution in [-0.2, 0) is 0 Å². The Morgan fingerprint density at radius 2 is 2.06 bits per heavy atom. The molecular weight excluding hydrogens is 302 g/mol. The highest BCUT2D eigenvalue weighted by molar-refractivity contribution is 9.10. The quantitative estimate of drug-likeness (QED) is 0.744. The number of ether oxygens (including phenoxy) is 1. The molecule has 0 N–H and O–H groups in total. The minimum atomic E-state index is 0.345. The number of rotatable bonds is 2. The number of halogens is 2. The van der Waals surface area contributed by atoms with Gasteiger partial charge in [0, 0.05) is 9.86 Å². The van der Waals surface area contributed by atoms with Crippen LogP contribution in [0, 0.1) is 0 Å². The summed E-state index contributed by atoms with van der Waals surface area (Å²) in [5.41, 5.74) is 1.84. The highest BCUT2D eigenvalue weighted by Gasteiger charge is 2.13. The van der Waals surface area contributed by atoms with E-state index in [2.05, 4.69) is 40.8 Å². The largest absolute Gasteiger partial charge is 0.494 e. The Hall–Kier alpha value is -0.800. The molecule has 0 saturated carbocycles. The lowest BCUT2D eigenvalue weighted by molar-refractivity contribution is 0.419. The van der Waals surface area contributed by atoms with Crippen molar-refractivity contribution in [3.63, 3.8) is 0 Å². The average Bonchev–Trinajstić information content (AvgIpc) is 2.28. The summed E-state index contributed by atoms with van der Waals surface area (Å²) in [4.78, 5) is 4.44. The van der Waals surface area contributed by atoms with E-state index in [-0.39, 0.29) is 0 Å². The lowest BCUT2D eigenvalue weighted by Crippen LogP contribution is -1.95. The summed E-state index contributed by atoms with van der Waals surface area (Å²) >= 11 is 9.73. The standard InChI is InChI=1S/C13H13BrClNO/c1-7(2)8-6-9-10(14)4-5-11(17-3)12(9)16-13(8)15/h4-7H,1-3H3. The van der Waals surface area contributed by atoms with E-state index in [4.69, 9.17) is 16.3 Å². The van der Waals surface area contributed by atoms with Crippen molar-refractivity contribution in [3.8, 4) is 5.75 Å². The molecule has 2 aromatic rings. The third-order valence-corrected chi connectivity index (χ3v) is 3.71. The van der Waals surface area contributed by atoms with E-state index in [0.717, 1.165) is 26.7 Å². The fourth-order valence-corrected chi connectivity index (χ4v) is 2.56. The third-order valence-electron chi connectivity index (χ3n) is 2.72. The van der Waals surface area contributed by atoms with Crippen LogP contribution < -0.4 is 4.74 Å². The molecule has 4 heteroatoms. The van der Waals surface area contributed by atoms with Gasteiger partial charge >= 0.3 is 0 Å². The van der Waals surface area contributed by atoms with Gasteiger partial charge in [0.05, 0.1) is 7.11 Å². The molecule has 0 bridgehead atoms. The average molecular weight is 315 g/mol. The van der Waals surface area contributed by atoms with Crippen LogP contribution in [0.1, 0.15) is 25.3 Å². The van der Waals surface area contributed by atoms with Crippen LogP contribution in [-0.4, -0.2) is 12.1 Å². The van der Waals surface area contributed by atoms with Crippen LogP contribution in [0.4, 0.5) is 0 Å². The Morgan fingerprint density at radius 3 is 2.65 bits per heavy atom. The fraction of sp³-hybridized carbons (Fsp3) is 0.308. The lowest BCUT2D eigenvalue weighted by Gasteiger charge is -2.12. The Kier molecular flexibility index (Phi) is 3.59. The van der Waals surface area contributed by atoms with E-state index in [0.29, 0.717) is 11.1 Å². The first-order valence-electron chi connectivity index (χ1n) is 5.37. The second-order valence-corrected chi connectivity index (χ2v) is 5.38. The first-order valence-corrected chi connectivity index (χ1v) is 6.54. The summed E-state index contributed by atoms with van der Waals surface area (Å²) in [6, 6.07) is 5.91. The number of aromatic nitrogens is 1. The Labute approximate surface area is 114 Å². The zero-order chi connectivity index (χ0) is 12.6. The van der Waals surface area contributed by atoms with Gasteiger partial charge in [-0.25, -0.2) is 4.98 Å². The zero-order valence-electron chi connectivity index (χ0n) is 9.92. The van der Waals surface area contributed by atoms with Crippen LogP contribution in [0.15, 0.2) is 22.7 Å². The second-order valence-electron chi connectivity index (χ2n) is 4.17. The molecule has 0 amide bonds. The highest BCUT2D eigenvalue weighted by Crippen LogP contribution is 2.34. The molecule has 0 aliphatic rings. The van der Waals surface area contributed by atoms with Gasteiger partial charge in [0.15, 0.2) is 0 Å². The molecule has 1 aromatic carbocycles. The van der Waals surface area contributed by atoms with Crippen LogP contribution in [0.5, 0.6) is 5.75 Å². The van der Waals surface area contributed by atoms with E-state index in [1.54, 1.807) is 7.11 Å². The van der Waals surface area contributed by atoms with Crippen molar-refractivity contribution in [2.45, 2.75) is 19.8 Å². The maximum atomic E-state index is 6.20. The van der Waals surface area contributed by atoms with E-state index >= 15 is 0 Å². The van der Waals surface area contributed by atoms with Crippen molar-refractivity contribution in [2.75, 3.05) is 7.11 Å². The van der Waals surface area contributed by atoms with Gasteiger partial charge in [-0.05, 0) is 29.7 Å². The molecule has 17 heavy (non-hydrogen) atoms. The Bertz CT molecular complexity index is 569. The smallest absolute Gasteiger partial charge is 0.145 e. The summed E-state index contributed by atoms with van der Waals surface area (Å²) in [5, 5.41) is 1.57. The Balaban J connectivity index is 2.81. The molecule has 0 saturated heterocycles. The molecule has 0 radical (unpaired) electrons. The predicted octanol–water partition coefficient (Wildman–Crippen LogP) is 4.78. The first-order chi connectivity index (χ1) is 8.04. The minimum absolute atomic E-state index is 0.345. The maximum absolute atomic E-state index is 6.20. The monoisotopic (exact) mass is 313 g/mol. The molecule has 0 aliphatic heterocycles. The maximum Gasteiger partial charge on any atom is 0.145 e. The third kappa shape index (κ3) is 2.26. The number of fused-ring (bicyclic) bond motifs is 1. The molecule has 0 unspecified atom stereocenters. The highest BCUT2D eigenvalue weighted by atomic mass is 79.9. The summed E-state index contributed by atoms with van der Waals surface area (Å²) in [7, 11) is 1.63. The van der Waals surface area contributed by atoms with E-state index in [1.165, 1.54) is 0 Å². The molecular formula is C13H13BrClNO. The normalized spacial score (nSPS) is 11.2. The van der Waals surface area contributed by atoms with Crippen LogP contribution in [0.3, 0.4) is 0 Å². The van der Waals surface area contributed by atoms with E-state index in [1.807, 2.05) is 12.1 Å². The van der Waals surface area contributed by atoms with Gasteiger partial charge in [-0.1, -0.05) is 41.4 Å². The van der Waals surface area contributed by atoms with Crippen molar-refractivity contribution in [3.05, 3.63) is 33.4 Å². The van der Waals surface area contributed by atoms with Gasteiger partial charge in [0.1, 0.15) is 16.4 Å². The first kappa shape index (κ1) is 12.7. The molecule has 0 aliphatic carbocycles. The molecule has 0 spiro atoms. The summed E-state index contributed by atoms with van der Waals surface area (Å²) in [5.74, 6) is 1.08. The molecule has 1 aromatic heterocycles. The minimum Gasteiger partial charge on any atom is -0.494 e. The van der Waals surface area contributed by atoms with Gasteiger partial charge in [-0.15, -0.1) is 0 Å². The zero-order valence-corrected chi connectivity index (χ0v) is 12.3. The topological polar surface area (TPSA) is 22.1 Å². The number of benzene rings is 1. The summed E-state index contributed by atoms with van der Waals surface area (Å²) < 4.78 is 6.30. The molecule has 2 nitrogen and oxygen atoms in total. The number of methoxy groups -OCH3 is 1. The Morgan fingerprint density at radius 1 is 1.35 bits per heavy atom. The SMILES string of the molecule is COc1ccc(Br)c2cc(C(C)C)c(Cl)nc12. The van der Waals surface area contributed by atoms with Crippen molar-refractivity contribution in [1.82, 2.24) is 4.98 Å². The van der Waals surface area contributed by atoms with Gasteiger partial charge in [-0.2, -0.15) is 0 Å². The second kappa shape index (κ2) is 4.83. The van der Waals surface area contributed by atoms with Crippen molar-refractivity contribution in [1.29, 1.82) is 0 Å². The predicted molar refractivity (Wildman–Crippen MR) is 75.1 cm³/mol. The van der Waals surface area contributed by atoms with Gasteiger partial charge in [-0.3, -0.25) is 0 Å². The van der Waals surface area contributed by atoms with Crippen molar-refractivity contribution < 1.29 is 4.74 Å². The van der Waals surface area contributed by atoms with E-state index < -0.39 is 0 Å².